The number of aromatic nitrogens is 2. The Bertz CT molecular complexity index is 802. The fraction of sp³-hybridized carbons (Fsp3) is 0.500. The van der Waals surface area contributed by atoms with Gasteiger partial charge in [-0.25, -0.2) is 8.42 Å². The summed E-state index contributed by atoms with van der Waals surface area (Å²) in [5.74, 6) is 1.23. The zero-order valence-corrected chi connectivity index (χ0v) is 14.2. The standard InChI is InChI=1S/C16H20N4O3S/c21-24(22,14-5-2-1-3-6-14)20-10-4-9-19(11-12-20)16-17-15(18-23-16)13-7-8-13/h1-3,5-6,13H,4,7-12H2. The highest BCUT2D eigenvalue weighted by atomic mass is 32.2. The predicted octanol–water partition coefficient (Wildman–Crippen LogP) is 1.85. The van der Waals surface area contributed by atoms with Crippen molar-refractivity contribution in [3.63, 3.8) is 0 Å². The number of nitrogens with zero attached hydrogens (tertiary/aromatic N) is 4. The van der Waals surface area contributed by atoms with Gasteiger partial charge in [0.2, 0.25) is 10.0 Å². The van der Waals surface area contributed by atoms with Crippen LogP contribution in [0.15, 0.2) is 39.8 Å². The van der Waals surface area contributed by atoms with Crippen LogP contribution in [0.1, 0.15) is 31.0 Å². The van der Waals surface area contributed by atoms with Crippen LogP contribution in [0.2, 0.25) is 0 Å². The van der Waals surface area contributed by atoms with E-state index in [4.69, 9.17) is 4.52 Å². The molecule has 24 heavy (non-hydrogen) atoms. The summed E-state index contributed by atoms with van der Waals surface area (Å²) >= 11 is 0. The summed E-state index contributed by atoms with van der Waals surface area (Å²) in [5, 5.41) is 4.04. The summed E-state index contributed by atoms with van der Waals surface area (Å²) in [4.78, 5) is 6.79. The second-order valence-electron chi connectivity index (χ2n) is 6.27. The van der Waals surface area contributed by atoms with E-state index in [0.717, 1.165) is 25.1 Å². The molecule has 1 saturated heterocycles. The summed E-state index contributed by atoms with van der Waals surface area (Å²) in [7, 11) is -3.45. The Morgan fingerprint density at radius 2 is 1.83 bits per heavy atom. The molecular formula is C16H20N4O3S. The third-order valence-corrected chi connectivity index (χ3v) is 6.39. The lowest BCUT2D eigenvalue weighted by molar-refractivity contribution is 0.404. The Kier molecular flexibility index (Phi) is 4.01. The lowest BCUT2D eigenvalue weighted by atomic mass is 10.4. The molecule has 1 aromatic heterocycles. The molecule has 0 N–H and O–H groups in total. The van der Waals surface area contributed by atoms with Gasteiger partial charge in [-0.1, -0.05) is 23.4 Å². The normalized spacial score (nSPS) is 20.1. The Balaban J connectivity index is 1.47. The minimum atomic E-state index is -3.45. The van der Waals surface area contributed by atoms with Crippen molar-refractivity contribution in [2.75, 3.05) is 31.1 Å². The number of anilines is 1. The molecule has 0 radical (unpaired) electrons. The molecule has 0 atom stereocenters. The van der Waals surface area contributed by atoms with Gasteiger partial charge in [0.1, 0.15) is 0 Å². The van der Waals surface area contributed by atoms with Gasteiger partial charge < -0.3 is 9.42 Å². The summed E-state index contributed by atoms with van der Waals surface area (Å²) in [6, 6.07) is 9.09. The molecule has 0 amide bonds. The SMILES string of the molecule is O=S(=O)(c1ccccc1)N1CCCN(c2nc(C3CC3)no2)CC1. The van der Waals surface area contributed by atoms with E-state index in [9.17, 15) is 8.42 Å². The Hall–Kier alpha value is -1.93. The maximum atomic E-state index is 12.7. The molecule has 0 unspecified atom stereocenters. The van der Waals surface area contributed by atoms with E-state index in [-0.39, 0.29) is 0 Å². The topological polar surface area (TPSA) is 79.5 Å². The fourth-order valence-corrected chi connectivity index (χ4v) is 4.42. The summed E-state index contributed by atoms with van der Waals surface area (Å²) < 4.78 is 32.4. The van der Waals surface area contributed by atoms with Crippen molar-refractivity contribution >= 4 is 16.0 Å². The van der Waals surface area contributed by atoms with E-state index in [1.165, 1.54) is 0 Å². The zero-order chi connectivity index (χ0) is 16.6. The molecule has 2 aliphatic rings. The van der Waals surface area contributed by atoms with Gasteiger partial charge in [0.05, 0.1) is 4.90 Å². The maximum Gasteiger partial charge on any atom is 0.324 e. The minimum absolute atomic E-state index is 0.340. The van der Waals surface area contributed by atoms with Crippen molar-refractivity contribution in [3.05, 3.63) is 36.2 Å². The van der Waals surface area contributed by atoms with Crippen molar-refractivity contribution in [3.8, 4) is 0 Å². The molecule has 0 spiro atoms. The second kappa shape index (κ2) is 6.18. The third kappa shape index (κ3) is 3.03. The monoisotopic (exact) mass is 348 g/mol. The Morgan fingerprint density at radius 1 is 1.04 bits per heavy atom. The van der Waals surface area contributed by atoms with Crippen molar-refractivity contribution in [1.29, 1.82) is 0 Å². The molecule has 2 aromatic rings. The summed E-state index contributed by atoms with van der Waals surface area (Å²) in [6.07, 6.45) is 2.98. The number of benzene rings is 1. The van der Waals surface area contributed by atoms with Gasteiger partial charge in [0.15, 0.2) is 5.82 Å². The highest BCUT2D eigenvalue weighted by Crippen LogP contribution is 2.38. The van der Waals surface area contributed by atoms with Crippen molar-refractivity contribution in [2.24, 2.45) is 0 Å². The van der Waals surface area contributed by atoms with Gasteiger partial charge in [-0.2, -0.15) is 9.29 Å². The first kappa shape index (κ1) is 15.6. The van der Waals surface area contributed by atoms with Gasteiger partial charge in [-0.05, 0) is 31.4 Å². The van der Waals surface area contributed by atoms with Crippen LogP contribution >= 0.6 is 0 Å². The van der Waals surface area contributed by atoms with Crippen molar-refractivity contribution < 1.29 is 12.9 Å². The summed E-state index contributed by atoms with van der Waals surface area (Å²) in [5.41, 5.74) is 0. The fourth-order valence-electron chi connectivity index (χ4n) is 2.93. The summed E-state index contributed by atoms with van der Waals surface area (Å²) in [6.45, 7) is 2.18. The molecule has 7 nitrogen and oxygen atoms in total. The number of rotatable bonds is 4. The zero-order valence-electron chi connectivity index (χ0n) is 13.3. The van der Waals surface area contributed by atoms with Crippen molar-refractivity contribution in [1.82, 2.24) is 14.4 Å². The first-order valence-corrected chi connectivity index (χ1v) is 9.72. The van der Waals surface area contributed by atoms with Crippen LogP contribution in [-0.4, -0.2) is 49.0 Å². The Labute approximate surface area is 141 Å². The predicted molar refractivity (Wildman–Crippen MR) is 88.3 cm³/mol. The minimum Gasteiger partial charge on any atom is -0.323 e. The van der Waals surface area contributed by atoms with Crippen LogP contribution in [0.25, 0.3) is 0 Å². The van der Waals surface area contributed by atoms with E-state index >= 15 is 0 Å². The van der Waals surface area contributed by atoms with E-state index in [1.54, 1.807) is 28.6 Å². The lowest BCUT2D eigenvalue weighted by Gasteiger charge is -2.20. The lowest BCUT2D eigenvalue weighted by Crippen LogP contribution is -2.35. The average Bonchev–Trinajstić information content (AvgIpc) is 3.39. The van der Waals surface area contributed by atoms with Crippen LogP contribution < -0.4 is 4.90 Å². The molecule has 4 rings (SSSR count). The van der Waals surface area contributed by atoms with Crippen LogP contribution in [0.5, 0.6) is 0 Å². The molecule has 0 bridgehead atoms. The molecule has 1 aromatic carbocycles. The van der Waals surface area contributed by atoms with Gasteiger partial charge >= 0.3 is 6.01 Å². The molecular weight excluding hydrogens is 328 g/mol. The second-order valence-corrected chi connectivity index (χ2v) is 8.21. The first-order chi connectivity index (χ1) is 11.6. The molecule has 1 aliphatic carbocycles. The average molecular weight is 348 g/mol. The highest BCUT2D eigenvalue weighted by molar-refractivity contribution is 7.89. The van der Waals surface area contributed by atoms with E-state index in [0.29, 0.717) is 43.0 Å². The molecule has 1 saturated carbocycles. The number of sulfonamides is 1. The van der Waals surface area contributed by atoms with Gasteiger partial charge in [0.25, 0.3) is 0 Å². The van der Waals surface area contributed by atoms with Gasteiger partial charge in [-0.15, -0.1) is 0 Å². The van der Waals surface area contributed by atoms with Crippen LogP contribution in [-0.2, 0) is 10.0 Å². The quantitative estimate of drug-likeness (QED) is 0.839. The van der Waals surface area contributed by atoms with Crippen LogP contribution in [0, 0.1) is 0 Å². The van der Waals surface area contributed by atoms with E-state index in [2.05, 4.69) is 10.1 Å². The van der Waals surface area contributed by atoms with Crippen LogP contribution in [0.3, 0.4) is 0 Å². The molecule has 8 heteroatoms. The molecule has 128 valence electrons. The smallest absolute Gasteiger partial charge is 0.323 e. The molecule has 2 heterocycles. The number of hydrogen-bond donors (Lipinski definition) is 0. The Morgan fingerprint density at radius 3 is 2.58 bits per heavy atom. The maximum absolute atomic E-state index is 12.7. The first-order valence-electron chi connectivity index (χ1n) is 8.28. The van der Waals surface area contributed by atoms with Gasteiger partial charge in [-0.3, -0.25) is 0 Å². The van der Waals surface area contributed by atoms with Crippen molar-refractivity contribution in [2.45, 2.75) is 30.1 Å². The largest absolute Gasteiger partial charge is 0.324 e. The third-order valence-electron chi connectivity index (χ3n) is 4.48. The number of hydrogen-bond acceptors (Lipinski definition) is 6. The van der Waals surface area contributed by atoms with Crippen LogP contribution in [0.4, 0.5) is 6.01 Å². The molecule has 1 aliphatic heterocycles. The van der Waals surface area contributed by atoms with Gasteiger partial charge in [0, 0.05) is 32.1 Å². The highest BCUT2D eigenvalue weighted by Gasteiger charge is 2.31. The van der Waals surface area contributed by atoms with E-state index < -0.39 is 10.0 Å². The molecule has 2 fully saturated rings. The van der Waals surface area contributed by atoms with E-state index in [1.807, 2.05) is 11.0 Å².